The number of aliphatic hydroxyl groups is 1. The van der Waals surface area contributed by atoms with Gasteiger partial charge in [0.2, 0.25) is 0 Å². The van der Waals surface area contributed by atoms with Crippen molar-refractivity contribution in [1.29, 1.82) is 0 Å². The summed E-state index contributed by atoms with van der Waals surface area (Å²) in [4.78, 5) is 0. The first-order valence-corrected chi connectivity index (χ1v) is 7.43. The van der Waals surface area contributed by atoms with Crippen LogP contribution in [0.1, 0.15) is 24.2 Å². The van der Waals surface area contributed by atoms with Crippen LogP contribution < -0.4 is 4.74 Å². The summed E-state index contributed by atoms with van der Waals surface area (Å²) in [5.41, 5.74) is 1.52. The highest BCUT2D eigenvalue weighted by atomic mass is 127. The monoisotopic (exact) mass is 388 g/mol. The fourth-order valence-electron chi connectivity index (χ4n) is 1.82. The molecule has 0 aliphatic carbocycles. The van der Waals surface area contributed by atoms with Gasteiger partial charge in [0.25, 0.3) is 0 Å². The lowest BCUT2D eigenvalue weighted by Gasteiger charge is -2.14. The van der Waals surface area contributed by atoms with E-state index < -0.39 is 6.10 Å². The van der Waals surface area contributed by atoms with Crippen LogP contribution in [0.3, 0.4) is 0 Å². The Morgan fingerprint density at radius 2 is 1.89 bits per heavy atom. The molecule has 2 aromatic carbocycles. The molecule has 2 rings (SSSR count). The Bertz CT molecular complexity index is 555. The number of halogens is 2. The lowest BCUT2D eigenvalue weighted by Crippen LogP contribution is -2.01. The Balaban J connectivity index is 2.27. The van der Waals surface area contributed by atoms with Crippen molar-refractivity contribution in [3.63, 3.8) is 0 Å². The second-order valence-corrected chi connectivity index (χ2v) is 5.72. The zero-order valence-electron chi connectivity index (χ0n) is 10.4. The van der Waals surface area contributed by atoms with Crippen molar-refractivity contribution in [2.45, 2.75) is 13.0 Å². The molecule has 19 heavy (non-hydrogen) atoms. The van der Waals surface area contributed by atoms with Gasteiger partial charge in [-0.1, -0.05) is 23.7 Å². The van der Waals surface area contributed by atoms with Gasteiger partial charge in [-0.05, 0) is 65.4 Å². The highest BCUT2D eigenvalue weighted by molar-refractivity contribution is 14.1. The molecule has 1 N–H and O–H groups in total. The van der Waals surface area contributed by atoms with E-state index in [1.54, 1.807) is 6.07 Å². The van der Waals surface area contributed by atoms with Crippen molar-refractivity contribution in [3.05, 3.63) is 62.2 Å². The first kappa shape index (κ1) is 14.6. The highest BCUT2D eigenvalue weighted by Gasteiger charge is 2.14. The molecule has 2 nitrogen and oxygen atoms in total. The van der Waals surface area contributed by atoms with Crippen LogP contribution in [-0.4, -0.2) is 11.7 Å². The first-order chi connectivity index (χ1) is 9.11. The zero-order valence-corrected chi connectivity index (χ0v) is 13.4. The van der Waals surface area contributed by atoms with Gasteiger partial charge in [0.1, 0.15) is 11.9 Å². The predicted octanol–water partition coefficient (Wildman–Crippen LogP) is 4.43. The lowest BCUT2D eigenvalue weighted by atomic mass is 10.0. The Hall–Kier alpha value is -0.780. The summed E-state index contributed by atoms with van der Waals surface area (Å²) >= 11 is 8.34. The lowest BCUT2D eigenvalue weighted by molar-refractivity contribution is 0.220. The fraction of sp³-hybridized carbons (Fsp3) is 0.200. The third-order valence-electron chi connectivity index (χ3n) is 2.76. The van der Waals surface area contributed by atoms with Crippen LogP contribution in [0.2, 0.25) is 5.02 Å². The third-order valence-corrected chi connectivity index (χ3v) is 3.77. The van der Waals surface area contributed by atoms with Crippen molar-refractivity contribution in [2.24, 2.45) is 0 Å². The molecule has 4 heteroatoms. The van der Waals surface area contributed by atoms with E-state index in [1.807, 2.05) is 43.3 Å². The Morgan fingerprint density at radius 1 is 1.21 bits per heavy atom. The van der Waals surface area contributed by atoms with E-state index in [0.717, 1.165) is 20.4 Å². The molecule has 0 radical (unpaired) electrons. The molecule has 0 fully saturated rings. The fourth-order valence-corrected chi connectivity index (χ4v) is 2.55. The zero-order chi connectivity index (χ0) is 13.8. The van der Waals surface area contributed by atoms with Crippen molar-refractivity contribution in [1.82, 2.24) is 0 Å². The molecule has 2 aromatic rings. The van der Waals surface area contributed by atoms with Crippen molar-refractivity contribution in [3.8, 4) is 5.75 Å². The minimum Gasteiger partial charge on any atom is -0.494 e. The van der Waals surface area contributed by atoms with Gasteiger partial charge in [-0.2, -0.15) is 0 Å². The van der Waals surface area contributed by atoms with Gasteiger partial charge in [0.15, 0.2) is 0 Å². The van der Waals surface area contributed by atoms with E-state index in [0.29, 0.717) is 11.6 Å². The quantitative estimate of drug-likeness (QED) is 0.786. The maximum absolute atomic E-state index is 10.4. The van der Waals surface area contributed by atoms with Crippen LogP contribution in [-0.2, 0) is 0 Å². The standard InChI is InChI=1S/C15H14ClIO2/c1-2-19-12-6-3-10(4-7-12)15(18)13-9-11(17)5-8-14(13)16/h3-9,15,18H,2H2,1H3. The SMILES string of the molecule is CCOc1ccc(C(O)c2cc(I)ccc2Cl)cc1. The van der Waals surface area contributed by atoms with Gasteiger partial charge < -0.3 is 9.84 Å². The van der Waals surface area contributed by atoms with Crippen molar-refractivity contribution >= 4 is 34.2 Å². The van der Waals surface area contributed by atoms with E-state index in [1.165, 1.54) is 0 Å². The minimum absolute atomic E-state index is 0.571. The van der Waals surface area contributed by atoms with Gasteiger partial charge in [-0.15, -0.1) is 0 Å². The molecule has 100 valence electrons. The largest absolute Gasteiger partial charge is 0.494 e. The molecule has 0 aromatic heterocycles. The van der Waals surface area contributed by atoms with E-state index in [4.69, 9.17) is 16.3 Å². The van der Waals surface area contributed by atoms with E-state index in [2.05, 4.69) is 22.6 Å². The number of rotatable bonds is 4. The van der Waals surface area contributed by atoms with Crippen LogP contribution in [0.25, 0.3) is 0 Å². The molecular formula is C15H14ClIO2. The smallest absolute Gasteiger partial charge is 0.119 e. The summed E-state index contributed by atoms with van der Waals surface area (Å²) in [7, 11) is 0. The number of benzene rings is 2. The molecule has 0 bridgehead atoms. The molecule has 1 unspecified atom stereocenters. The Labute approximate surface area is 131 Å². The average molecular weight is 389 g/mol. The van der Waals surface area contributed by atoms with Gasteiger partial charge in [-0.25, -0.2) is 0 Å². The van der Waals surface area contributed by atoms with Crippen LogP contribution >= 0.6 is 34.2 Å². The third kappa shape index (κ3) is 3.61. The molecule has 0 saturated heterocycles. The summed E-state index contributed by atoms with van der Waals surface area (Å²) in [5.74, 6) is 0.798. The topological polar surface area (TPSA) is 29.5 Å². The van der Waals surface area contributed by atoms with Gasteiger partial charge >= 0.3 is 0 Å². The van der Waals surface area contributed by atoms with Crippen LogP contribution in [0.5, 0.6) is 5.75 Å². The molecule has 0 aliphatic heterocycles. The van der Waals surface area contributed by atoms with E-state index in [-0.39, 0.29) is 0 Å². The molecule has 0 aliphatic rings. The summed E-state index contributed by atoms with van der Waals surface area (Å²) in [6, 6.07) is 13.0. The average Bonchev–Trinajstić information content (AvgIpc) is 2.42. The maximum Gasteiger partial charge on any atom is 0.119 e. The van der Waals surface area contributed by atoms with Gasteiger partial charge in [0, 0.05) is 14.2 Å². The van der Waals surface area contributed by atoms with Crippen LogP contribution in [0.4, 0.5) is 0 Å². The van der Waals surface area contributed by atoms with E-state index >= 15 is 0 Å². The maximum atomic E-state index is 10.4. The second kappa shape index (κ2) is 6.59. The summed E-state index contributed by atoms with van der Waals surface area (Å²) in [5, 5.41) is 11.0. The number of aliphatic hydroxyl groups excluding tert-OH is 1. The molecule has 1 atom stereocenters. The predicted molar refractivity (Wildman–Crippen MR) is 85.8 cm³/mol. The summed E-state index contributed by atoms with van der Waals surface area (Å²) < 4.78 is 6.42. The normalized spacial score (nSPS) is 12.2. The molecule has 0 saturated carbocycles. The van der Waals surface area contributed by atoms with Gasteiger partial charge in [-0.3, -0.25) is 0 Å². The number of ether oxygens (including phenoxy) is 1. The molecule has 0 amide bonds. The Morgan fingerprint density at radius 3 is 2.53 bits per heavy atom. The van der Waals surface area contributed by atoms with Crippen molar-refractivity contribution < 1.29 is 9.84 Å². The summed E-state index contributed by atoms with van der Waals surface area (Å²) in [6.07, 6.45) is -0.724. The van der Waals surface area contributed by atoms with Crippen molar-refractivity contribution in [2.75, 3.05) is 6.61 Å². The Kier molecular flexibility index (Phi) is 5.07. The number of hydrogen-bond donors (Lipinski definition) is 1. The molecule has 0 heterocycles. The van der Waals surface area contributed by atoms with Crippen LogP contribution in [0.15, 0.2) is 42.5 Å². The molecule has 0 spiro atoms. The molecular weight excluding hydrogens is 375 g/mol. The van der Waals surface area contributed by atoms with Crippen LogP contribution in [0, 0.1) is 3.57 Å². The summed E-state index contributed by atoms with van der Waals surface area (Å²) in [6.45, 7) is 2.57. The second-order valence-electron chi connectivity index (χ2n) is 4.07. The van der Waals surface area contributed by atoms with Gasteiger partial charge in [0.05, 0.1) is 6.61 Å². The first-order valence-electron chi connectivity index (χ1n) is 5.97. The minimum atomic E-state index is -0.724. The highest BCUT2D eigenvalue weighted by Crippen LogP contribution is 2.30. The van der Waals surface area contributed by atoms with E-state index in [9.17, 15) is 5.11 Å². The number of hydrogen-bond acceptors (Lipinski definition) is 2.